The van der Waals surface area contributed by atoms with E-state index < -0.39 is 0 Å². The first kappa shape index (κ1) is 16.7. The Bertz CT molecular complexity index is 590. The second-order valence-electron chi connectivity index (χ2n) is 5.21. The summed E-state index contributed by atoms with van der Waals surface area (Å²) in [6, 6.07) is 7.56. The fraction of sp³-hybridized carbons (Fsp3) is 0.438. The van der Waals surface area contributed by atoms with Gasteiger partial charge in [-0.15, -0.1) is 22.7 Å². The van der Waals surface area contributed by atoms with Crippen LogP contribution in [0.2, 0.25) is 0 Å². The lowest BCUT2D eigenvalue weighted by Gasteiger charge is -2.19. The predicted molar refractivity (Wildman–Crippen MR) is 93.1 cm³/mol. The van der Waals surface area contributed by atoms with Gasteiger partial charge in [-0.1, -0.05) is 6.42 Å². The Balaban J connectivity index is 1.82. The van der Waals surface area contributed by atoms with Crippen molar-refractivity contribution >= 4 is 40.7 Å². The molecule has 0 aliphatic rings. The molecule has 0 saturated heterocycles. The molecule has 114 valence electrons. The Morgan fingerprint density at radius 2 is 1.90 bits per heavy atom. The lowest BCUT2D eigenvalue weighted by Crippen LogP contribution is -2.21. The number of carbonyl (C=O) groups excluding carboxylic acids is 1. The van der Waals surface area contributed by atoms with E-state index in [1.807, 2.05) is 19.2 Å². The molecule has 21 heavy (non-hydrogen) atoms. The van der Waals surface area contributed by atoms with Gasteiger partial charge in [0.1, 0.15) is 6.29 Å². The van der Waals surface area contributed by atoms with Gasteiger partial charge in [0.15, 0.2) is 5.13 Å². The monoisotopic (exact) mass is 342 g/mol. The minimum Gasteiger partial charge on any atom is -0.302 e. The number of rotatable bonds is 8. The molecule has 0 aliphatic heterocycles. The van der Waals surface area contributed by atoms with Gasteiger partial charge >= 0.3 is 0 Å². The van der Waals surface area contributed by atoms with Crippen LogP contribution >= 0.6 is 34.4 Å². The van der Waals surface area contributed by atoms with E-state index >= 15 is 0 Å². The first-order valence-corrected chi connectivity index (χ1v) is 9.78. The standard InChI is InChI=1S/C16H19FOS3/c1-16(11-18,19-2)10-4-3-5-12-6-7-13(20-12)14-8-9-15(17)21-14/h6-9,11H,3-5,10H2,1-2H3. The van der Waals surface area contributed by atoms with Crippen molar-refractivity contribution in [1.82, 2.24) is 0 Å². The summed E-state index contributed by atoms with van der Waals surface area (Å²) in [6.07, 6.45) is 7.14. The Labute approximate surface area is 137 Å². The second-order valence-corrected chi connectivity index (χ2v) is 8.75. The molecule has 0 spiro atoms. The number of hydrogen-bond donors (Lipinski definition) is 0. The van der Waals surface area contributed by atoms with Crippen molar-refractivity contribution in [3.63, 3.8) is 0 Å². The zero-order valence-electron chi connectivity index (χ0n) is 12.2. The quantitative estimate of drug-likeness (QED) is 0.455. The number of unbranched alkanes of at least 4 members (excludes halogenated alkanes) is 1. The van der Waals surface area contributed by atoms with Crippen LogP contribution in [0.5, 0.6) is 0 Å². The molecular formula is C16H19FOS3. The molecule has 1 atom stereocenters. The van der Waals surface area contributed by atoms with E-state index in [1.54, 1.807) is 23.1 Å². The van der Waals surface area contributed by atoms with Crippen molar-refractivity contribution in [3.05, 3.63) is 34.3 Å². The van der Waals surface area contributed by atoms with Crippen LogP contribution in [0.1, 0.15) is 31.1 Å². The maximum Gasteiger partial charge on any atom is 0.177 e. The van der Waals surface area contributed by atoms with Crippen molar-refractivity contribution in [2.45, 2.75) is 37.4 Å². The molecule has 0 aliphatic carbocycles. The number of thioether (sulfide) groups is 1. The highest BCUT2D eigenvalue weighted by atomic mass is 32.2. The highest BCUT2D eigenvalue weighted by Gasteiger charge is 2.21. The van der Waals surface area contributed by atoms with Crippen molar-refractivity contribution in [2.75, 3.05) is 6.26 Å². The maximum absolute atomic E-state index is 13.0. The highest BCUT2D eigenvalue weighted by molar-refractivity contribution is 8.00. The summed E-state index contributed by atoms with van der Waals surface area (Å²) in [4.78, 5) is 14.5. The molecule has 0 N–H and O–H groups in total. The van der Waals surface area contributed by atoms with Crippen LogP contribution in [0.25, 0.3) is 9.75 Å². The maximum atomic E-state index is 13.0. The molecular weight excluding hydrogens is 323 g/mol. The van der Waals surface area contributed by atoms with E-state index in [2.05, 4.69) is 12.1 Å². The van der Waals surface area contributed by atoms with Gasteiger partial charge in [0.25, 0.3) is 0 Å². The average Bonchev–Trinajstić information content (AvgIpc) is 3.12. The first-order chi connectivity index (χ1) is 10.1. The molecule has 0 bridgehead atoms. The Hall–Kier alpha value is -0.650. The zero-order valence-corrected chi connectivity index (χ0v) is 14.7. The van der Waals surface area contributed by atoms with E-state index in [1.165, 1.54) is 22.3 Å². The summed E-state index contributed by atoms with van der Waals surface area (Å²) in [5.74, 6) is 0. The van der Waals surface area contributed by atoms with Crippen LogP contribution in [0.3, 0.4) is 0 Å². The topological polar surface area (TPSA) is 17.1 Å². The van der Waals surface area contributed by atoms with Crippen LogP contribution in [0.15, 0.2) is 24.3 Å². The molecule has 0 aromatic carbocycles. The largest absolute Gasteiger partial charge is 0.302 e. The summed E-state index contributed by atoms with van der Waals surface area (Å²) in [5.41, 5.74) is 0. The molecule has 1 unspecified atom stereocenters. The summed E-state index contributed by atoms with van der Waals surface area (Å²) >= 11 is 4.55. The molecule has 0 radical (unpaired) electrons. The number of halogens is 1. The fourth-order valence-corrected chi connectivity index (χ4v) is 4.39. The van der Waals surface area contributed by atoms with Crippen molar-refractivity contribution in [2.24, 2.45) is 0 Å². The SMILES string of the molecule is CSC(C)(C=O)CCCCc1ccc(-c2ccc(F)s2)s1. The third kappa shape index (κ3) is 4.66. The van der Waals surface area contributed by atoms with Gasteiger partial charge in [-0.25, -0.2) is 0 Å². The van der Waals surface area contributed by atoms with Gasteiger partial charge in [-0.2, -0.15) is 16.2 Å². The zero-order chi connectivity index (χ0) is 15.3. The normalized spacial score (nSPS) is 14.0. The molecule has 2 aromatic heterocycles. The smallest absolute Gasteiger partial charge is 0.177 e. The molecule has 2 aromatic rings. The number of hydrogen-bond acceptors (Lipinski definition) is 4. The fourth-order valence-electron chi connectivity index (χ4n) is 2.08. The van der Waals surface area contributed by atoms with E-state index in [4.69, 9.17) is 0 Å². The molecule has 0 saturated carbocycles. The second kappa shape index (κ2) is 7.56. The van der Waals surface area contributed by atoms with Crippen molar-refractivity contribution in [3.8, 4) is 9.75 Å². The van der Waals surface area contributed by atoms with E-state index in [0.29, 0.717) is 0 Å². The minimum absolute atomic E-state index is 0.134. The summed E-state index contributed by atoms with van der Waals surface area (Å²) in [5, 5.41) is -0.134. The van der Waals surface area contributed by atoms with Crippen LogP contribution in [0.4, 0.5) is 4.39 Å². The number of thiophene rings is 2. The van der Waals surface area contributed by atoms with Gasteiger partial charge in [0.2, 0.25) is 0 Å². The van der Waals surface area contributed by atoms with Crippen molar-refractivity contribution in [1.29, 1.82) is 0 Å². The van der Waals surface area contributed by atoms with E-state index in [0.717, 1.165) is 41.7 Å². The lowest BCUT2D eigenvalue weighted by molar-refractivity contribution is -0.109. The minimum atomic E-state index is -0.241. The number of aldehydes is 1. The van der Waals surface area contributed by atoms with E-state index in [-0.39, 0.29) is 9.88 Å². The van der Waals surface area contributed by atoms with Gasteiger partial charge in [-0.3, -0.25) is 0 Å². The van der Waals surface area contributed by atoms with Gasteiger partial charge < -0.3 is 4.79 Å². The number of aryl methyl sites for hydroxylation is 1. The van der Waals surface area contributed by atoms with Gasteiger partial charge in [0, 0.05) is 14.6 Å². The van der Waals surface area contributed by atoms with Crippen LogP contribution < -0.4 is 0 Å². The van der Waals surface area contributed by atoms with E-state index in [9.17, 15) is 9.18 Å². The lowest BCUT2D eigenvalue weighted by atomic mass is 10.0. The summed E-state index contributed by atoms with van der Waals surface area (Å²) in [7, 11) is 0. The van der Waals surface area contributed by atoms with Crippen molar-refractivity contribution < 1.29 is 9.18 Å². The Kier molecular flexibility index (Phi) is 6.02. The number of carbonyl (C=O) groups is 1. The van der Waals surface area contributed by atoms with Crippen LogP contribution in [-0.2, 0) is 11.2 Å². The summed E-state index contributed by atoms with van der Waals surface area (Å²) < 4.78 is 12.8. The average molecular weight is 343 g/mol. The predicted octanol–water partition coefficient (Wildman–Crippen LogP) is 5.65. The molecule has 0 fully saturated rings. The van der Waals surface area contributed by atoms with Crippen LogP contribution in [0, 0.1) is 5.13 Å². The molecule has 2 heterocycles. The van der Waals surface area contributed by atoms with Gasteiger partial charge in [-0.05, 0) is 56.7 Å². The molecule has 5 heteroatoms. The molecule has 1 nitrogen and oxygen atoms in total. The summed E-state index contributed by atoms with van der Waals surface area (Å²) in [6.45, 7) is 2.00. The Morgan fingerprint density at radius 1 is 1.19 bits per heavy atom. The third-order valence-corrected chi connectivity index (χ3v) is 6.99. The highest BCUT2D eigenvalue weighted by Crippen LogP contribution is 2.34. The third-order valence-electron chi connectivity index (χ3n) is 3.54. The Morgan fingerprint density at radius 3 is 2.52 bits per heavy atom. The van der Waals surface area contributed by atoms with Crippen LogP contribution in [-0.4, -0.2) is 17.3 Å². The molecule has 0 amide bonds. The molecule has 2 rings (SSSR count). The first-order valence-electron chi connectivity index (χ1n) is 6.92. The van der Waals surface area contributed by atoms with Gasteiger partial charge in [0.05, 0.1) is 4.75 Å².